The van der Waals surface area contributed by atoms with Crippen LogP contribution in [0, 0.1) is 5.92 Å². The molecule has 12 nitrogen and oxygen atoms in total. The third-order valence-electron chi connectivity index (χ3n) is 8.10. The number of thiazole rings is 2. The second-order valence-corrected chi connectivity index (χ2v) is 14.2. The van der Waals surface area contributed by atoms with Gasteiger partial charge in [0.15, 0.2) is 0 Å². The number of hydrogen-bond donors (Lipinski definition) is 3. The minimum Gasteiger partial charge on any atom is -0.351 e. The lowest BCUT2D eigenvalue weighted by molar-refractivity contribution is -0.122. The first-order valence-electron chi connectivity index (χ1n) is 16.4. The maximum atomic E-state index is 13.5. The lowest BCUT2D eigenvalue weighted by atomic mass is 10.0. The molecule has 4 amide bonds. The van der Waals surface area contributed by atoms with E-state index < -0.39 is 23.6 Å². The van der Waals surface area contributed by atoms with Gasteiger partial charge in [0, 0.05) is 50.1 Å². The highest BCUT2D eigenvalue weighted by Crippen LogP contribution is 2.27. The molecule has 4 bridgehead atoms. The molecule has 258 valence electrons. The number of aryl methyl sites for hydroxylation is 1. The van der Waals surface area contributed by atoms with Crippen LogP contribution in [0.15, 0.2) is 64.2 Å². The summed E-state index contributed by atoms with van der Waals surface area (Å²) in [6.07, 6.45) is 3.60. The maximum Gasteiger partial charge on any atom is 0.271 e. The average Bonchev–Trinajstić information content (AvgIpc) is 3.77. The molecule has 1 aromatic carbocycles. The molecule has 0 radical (unpaired) electrons. The summed E-state index contributed by atoms with van der Waals surface area (Å²) in [6, 6.07) is 12.0. The second-order valence-electron chi connectivity index (χ2n) is 12.5. The van der Waals surface area contributed by atoms with Crippen molar-refractivity contribution in [3.63, 3.8) is 0 Å². The van der Waals surface area contributed by atoms with Crippen LogP contribution in [-0.2, 0) is 18.3 Å². The molecule has 3 N–H and O–H groups in total. The number of nitrogens with one attached hydrogen (secondary N) is 3. The fraction of sp³-hybridized carbons (Fsp3) is 0.400. The summed E-state index contributed by atoms with van der Waals surface area (Å²) >= 11 is 2.60. The molecule has 49 heavy (non-hydrogen) atoms. The Morgan fingerprint density at radius 2 is 1.55 bits per heavy atom. The van der Waals surface area contributed by atoms with E-state index in [0.29, 0.717) is 35.7 Å². The molecule has 0 aliphatic carbocycles. The van der Waals surface area contributed by atoms with E-state index in [9.17, 15) is 24.0 Å². The SMILES string of the molecule is CC(C)C[C@@H]1NC(=O)CCCN(C(=O)c2cccn(C)c2=O)CCCNC(=O)c2csc(n2)[C@H](Cc2ccccc2)NC(=O)c2csc1n2. The normalized spacial score (nSPS) is 18.3. The van der Waals surface area contributed by atoms with Crippen LogP contribution in [0.25, 0.3) is 0 Å². The Morgan fingerprint density at radius 1 is 0.878 bits per heavy atom. The van der Waals surface area contributed by atoms with Crippen LogP contribution in [0.5, 0.6) is 0 Å². The summed E-state index contributed by atoms with van der Waals surface area (Å²) in [7, 11) is 1.59. The van der Waals surface area contributed by atoms with E-state index in [1.54, 1.807) is 35.0 Å². The monoisotopic (exact) mass is 703 g/mol. The van der Waals surface area contributed by atoms with Crippen molar-refractivity contribution in [2.45, 2.75) is 58.0 Å². The van der Waals surface area contributed by atoms with Crippen LogP contribution >= 0.6 is 22.7 Å². The Bertz CT molecular complexity index is 1830. The molecule has 4 heterocycles. The van der Waals surface area contributed by atoms with E-state index in [0.717, 1.165) is 5.56 Å². The minimum absolute atomic E-state index is 0.0452. The molecule has 0 fully saturated rings. The molecule has 2 atom stereocenters. The van der Waals surface area contributed by atoms with Gasteiger partial charge in [-0.15, -0.1) is 22.7 Å². The van der Waals surface area contributed by atoms with Gasteiger partial charge in [0.2, 0.25) is 5.91 Å². The molecular formula is C35H41N7O5S2. The summed E-state index contributed by atoms with van der Waals surface area (Å²) in [5, 5.41) is 13.6. The van der Waals surface area contributed by atoms with Crippen molar-refractivity contribution in [3.05, 3.63) is 102 Å². The zero-order valence-corrected chi connectivity index (χ0v) is 29.4. The Labute approximate surface area is 293 Å². The van der Waals surface area contributed by atoms with Crippen LogP contribution < -0.4 is 21.5 Å². The molecule has 4 aromatic rings. The number of benzene rings is 1. The van der Waals surface area contributed by atoms with Gasteiger partial charge in [-0.05, 0) is 49.3 Å². The molecule has 3 aromatic heterocycles. The number of fused-ring (bicyclic) bond motifs is 4. The zero-order valence-electron chi connectivity index (χ0n) is 27.8. The molecule has 5 rings (SSSR count). The fourth-order valence-corrected chi connectivity index (χ4v) is 7.30. The van der Waals surface area contributed by atoms with Crippen molar-refractivity contribution in [2.24, 2.45) is 13.0 Å². The number of amides is 4. The molecule has 1 aliphatic rings. The van der Waals surface area contributed by atoms with Crippen LogP contribution in [0.1, 0.15) is 98.5 Å². The second kappa shape index (κ2) is 16.6. The first kappa shape index (κ1) is 35.6. The van der Waals surface area contributed by atoms with E-state index in [1.807, 2.05) is 30.3 Å². The van der Waals surface area contributed by atoms with Crippen molar-refractivity contribution in [1.29, 1.82) is 0 Å². The van der Waals surface area contributed by atoms with Gasteiger partial charge in [0.1, 0.15) is 27.0 Å². The van der Waals surface area contributed by atoms with Crippen molar-refractivity contribution in [3.8, 4) is 0 Å². The van der Waals surface area contributed by atoms with Crippen LogP contribution in [0.4, 0.5) is 0 Å². The molecule has 14 heteroatoms. The number of aromatic nitrogens is 3. The molecule has 0 saturated carbocycles. The van der Waals surface area contributed by atoms with E-state index in [-0.39, 0.29) is 66.6 Å². The highest BCUT2D eigenvalue weighted by atomic mass is 32.1. The molecular weight excluding hydrogens is 663 g/mol. The first-order valence-corrected chi connectivity index (χ1v) is 18.1. The lowest BCUT2D eigenvalue weighted by Gasteiger charge is -2.23. The molecule has 0 spiro atoms. The summed E-state index contributed by atoms with van der Waals surface area (Å²) < 4.78 is 1.35. The highest BCUT2D eigenvalue weighted by molar-refractivity contribution is 7.10. The van der Waals surface area contributed by atoms with Crippen molar-refractivity contribution in [1.82, 2.24) is 35.4 Å². The summed E-state index contributed by atoms with van der Waals surface area (Å²) in [6.45, 7) is 4.88. The third-order valence-corrected chi connectivity index (χ3v) is 10.0. The number of carbonyl (C=O) groups is 4. The highest BCUT2D eigenvalue weighted by Gasteiger charge is 2.26. The van der Waals surface area contributed by atoms with Crippen molar-refractivity contribution < 1.29 is 19.2 Å². The maximum absolute atomic E-state index is 13.5. The smallest absolute Gasteiger partial charge is 0.271 e. The van der Waals surface area contributed by atoms with Crippen molar-refractivity contribution >= 4 is 46.3 Å². The lowest BCUT2D eigenvalue weighted by Crippen LogP contribution is -2.39. The van der Waals surface area contributed by atoms with Gasteiger partial charge < -0.3 is 25.4 Å². The standard InChI is InChI=1S/C35H41N7O5S2/c1-22(2)18-25-32-40-28(21-49-32)31(45)38-26(19-23-10-5-4-6-11-23)33-39-27(20-48-33)30(44)36-14-9-17-42(16-8-13-29(43)37-25)35(47)24-12-7-15-41(3)34(24)46/h4-7,10-12,15,20-22,25-26H,8-9,13-14,16-19H2,1-3H3,(H,36,44)(H,37,43)(H,38,45)/t25-,26-/m0/s1. The first-order chi connectivity index (χ1) is 23.6. The van der Waals surface area contributed by atoms with Gasteiger partial charge in [0.05, 0.1) is 12.1 Å². The summed E-state index contributed by atoms with van der Waals surface area (Å²) in [5.41, 5.74) is 1.10. The predicted octanol–water partition coefficient (Wildman–Crippen LogP) is 4.27. The van der Waals surface area contributed by atoms with E-state index >= 15 is 0 Å². The Hall–Kier alpha value is -4.69. The Morgan fingerprint density at radius 3 is 2.27 bits per heavy atom. The largest absolute Gasteiger partial charge is 0.351 e. The fourth-order valence-electron chi connectivity index (χ4n) is 5.58. The van der Waals surface area contributed by atoms with Gasteiger partial charge in [-0.2, -0.15) is 0 Å². The summed E-state index contributed by atoms with van der Waals surface area (Å²) in [5.74, 6) is -1.12. The van der Waals surface area contributed by atoms with Gasteiger partial charge in [0.25, 0.3) is 23.3 Å². The average molecular weight is 704 g/mol. The molecule has 0 unspecified atom stereocenters. The van der Waals surface area contributed by atoms with E-state index in [2.05, 4.69) is 39.8 Å². The quantitative estimate of drug-likeness (QED) is 0.281. The minimum atomic E-state index is -0.517. The van der Waals surface area contributed by atoms with E-state index in [1.165, 1.54) is 33.3 Å². The number of pyridine rings is 1. The van der Waals surface area contributed by atoms with Gasteiger partial charge in [-0.3, -0.25) is 24.0 Å². The van der Waals surface area contributed by atoms with Gasteiger partial charge in [-0.1, -0.05) is 44.2 Å². The Balaban J connectivity index is 1.42. The third kappa shape index (κ3) is 9.48. The van der Waals surface area contributed by atoms with Crippen molar-refractivity contribution in [2.75, 3.05) is 19.6 Å². The molecule has 1 aliphatic heterocycles. The zero-order chi connectivity index (χ0) is 34.9. The van der Waals surface area contributed by atoms with Crippen LogP contribution in [-0.4, -0.2) is 62.7 Å². The topological polar surface area (TPSA) is 155 Å². The number of nitrogens with zero attached hydrogens (tertiary/aromatic N) is 4. The summed E-state index contributed by atoms with van der Waals surface area (Å²) in [4.78, 5) is 76.9. The van der Waals surface area contributed by atoms with E-state index in [4.69, 9.17) is 0 Å². The van der Waals surface area contributed by atoms with Gasteiger partial charge >= 0.3 is 0 Å². The number of hydrogen-bond acceptors (Lipinski definition) is 9. The number of rotatable bonds is 5. The van der Waals surface area contributed by atoms with Gasteiger partial charge in [-0.25, -0.2) is 9.97 Å². The number of carbonyl (C=O) groups excluding carboxylic acids is 4. The molecule has 0 saturated heterocycles. The predicted molar refractivity (Wildman–Crippen MR) is 189 cm³/mol. The van der Waals surface area contributed by atoms with Crippen LogP contribution in [0.3, 0.4) is 0 Å². The van der Waals surface area contributed by atoms with Crippen LogP contribution in [0.2, 0.25) is 0 Å². The Kier molecular flexibility index (Phi) is 12.1.